The fraction of sp³-hybridized carbons (Fsp3) is 0.294. The minimum absolute atomic E-state index is 0.725. The molecule has 0 saturated heterocycles. The summed E-state index contributed by atoms with van der Waals surface area (Å²) in [5, 5.41) is 3.38. The lowest BCUT2D eigenvalue weighted by Gasteiger charge is -2.15. The lowest BCUT2D eigenvalue weighted by atomic mass is 10.1. The van der Waals surface area contributed by atoms with Gasteiger partial charge in [0.2, 0.25) is 0 Å². The highest BCUT2D eigenvalue weighted by atomic mass is 16.5. The van der Waals surface area contributed by atoms with Gasteiger partial charge in [-0.2, -0.15) is 0 Å². The molecule has 0 radical (unpaired) electrons. The van der Waals surface area contributed by atoms with Gasteiger partial charge in [-0.05, 0) is 44.9 Å². The zero-order chi connectivity index (χ0) is 15.4. The Kier molecular flexibility index (Phi) is 4.58. The number of ether oxygens (including phenoxy) is 1. The van der Waals surface area contributed by atoms with Gasteiger partial charge >= 0.3 is 0 Å². The fourth-order valence-corrected chi connectivity index (χ4v) is 2.28. The number of aryl methyl sites for hydroxylation is 3. The van der Waals surface area contributed by atoms with E-state index in [2.05, 4.69) is 21.9 Å². The third kappa shape index (κ3) is 3.40. The van der Waals surface area contributed by atoms with E-state index in [1.165, 1.54) is 0 Å². The first-order chi connectivity index (χ1) is 10.0. The molecule has 0 aliphatic heterocycles. The molecule has 0 saturated carbocycles. The van der Waals surface area contributed by atoms with Crippen LogP contribution in [0.5, 0.6) is 5.75 Å². The Labute approximate surface area is 125 Å². The first kappa shape index (κ1) is 15.0. The molecule has 0 aliphatic carbocycles. The summed E-state index contributed by atoms with van der Waals surface area (Å²) in [6.07, 6.45) is 2.59. The van der Waals surface area contributed by atoms with Crippen LogP contribution in [-0.2, 0) is 6.42 Å². The number of hydrogen-bond acceptors (Lipinski definition) is 4. The molecule has 0 bridgehead atoms. The van der Waals surface area contributed by atoms with Crippen molar-refractivity contribution in [3.05, 3.63) is 53.5 Å². The van der Waals surface area contributed by atoms with Crippen molar-refractivity contribution in [2.45, 2.75) is 27.2 Å². The fourth-order valence-electron chi connectivity index (χ4n) is 2.28. The first-order valence-electron chi connectivity index (χ1n) is 6.91. The standard InChI is InChI=1S/C17H21N3O/c1-6-7-14-12(3)18-13(4)19-17(14)20-15-10-11(2)8-9-16(15)21-5/h6,8-10H,1,7H2,2-5H3,(H,18,19,20). The minimum atomic E-state index is 0.725. The molecule has 110 valence electrons. The second kappa shape index (κ2) is 6.39. The van der Waals surface area contributed by atoms with Crippen LogP contribution in [0.4, 0.5) is 11.5 Å². The number of methoxy groups -OCH3 is 1. The molecule has 0 atom stereocenters. The summed E-state index contributed by atoms with van der Waals surface area (Å²) in [7, 11) is 1.66. The molecule has 1 aromatic heterocycles. The highest BCUT2D eigenvalue weighted by Gasteiger charge is 2.11. The largest absolute Gasteiger partial charge is 0.495 e. The molecule has 0 amide bonds. The Hall–Kier alpha value is -2.36. The van der Waals surface area contributed by atoms with Crippen LogP contribution >= 0.6 is 0 Å². The molecule has 0 unspecified atom stereocenters. The number of aromatic nitrogens is 2. The molecule has 1 N–H and O–H groups in total. The first-order valence-corrected chi connectivity index (χ1v) is 6.91. The maximum absolute atomic E-state index is 5.41. The van der Waals surface area contributed by atoms with Gasteiger partial charge in [0.1, 0.15) is 17.4 Å². The molecule has 1 aromatic carbocycles. The van der Waals surface area contributed by atoms with Crippen LogP contribution in [0, 0.1) is 20.8 Å². The van der Waals surface area contributed by atoms with Crippen LogP contribution in [0.15, 0.2) is 30.9 Å². The third-order valence-corrected chi connectivity index (χ3v) is 3.28. The van der Waals surface area contributed by atoms with E-state index in [-0.39, 0.29) is 0 Å². The number of nitrogens with one attached hydrogen (secondary N) is 1. The average molecular weight is 283 g/mol. The van der Waals surface area contributed by atoms with E-state index in [0.717, 1.165) is 46.3 Å². The highest BCUT2D eigenvalue weighted by Crippen LogP contribution is 2.30. The van der Waals surface area contributed by atoms with E-state index in [1.807, 2.05) is 45.0 Å². The van der Waals surface area contributed by atoms with E-state index < -0.39 is 0 Å². The summed E-state index contributed by atoms with van der Waals surface area (Å²) in [6, 6.07) is 6.01. The van der Waals surface area contributed by atoms with Crippen LogP contribution in [-0.4, -0.2) is 17.1 Å². The Bertz CT molecular complexity index is 665. The van der Waals surface area contributed by atoms with Gasteiger partial charge in [0.05, 0.1) is 12.8 Å². The molecule has 0 fully saturated rings. The second-order valence-corrected chi connectivity index (χ2v) is 5.00. The minimum Gasteiger partial charge on any atom is -0.495 e. The van der Waals surface area contributed by atoms with Gasteiger partial charge in [0, 0.05) is 11.3 Å². The number of hydrogen-bond donors (Lipinski definition) is 1. The summed E-state index contributed by atoms with van der Waals surface area (Å²) >= 11 is 0. The normalized spacial score (nSPS) is 10.3. The van der Waals surface area contributed by atoms with Crippen LogP contribution < -0.4 is 10.1 Å². The molecule has 21 heavy (non-hydrogen) atoms. The Morgan fingerprint density at radius 1 is 1.24 bits per heavy atom. The monoisotopic (exact) mass is 283 g/mol. The smallest absolute Gasteiger partial charge is 0.142 e. The number of allylic oxidation sites excluding steroid dienone is 1. The van der Waals surface area contributed by atoms with Crippen molar-refractivity contribution in [1.82, 2.24) is 9.97 Å². The lowest BCUT2D eigenvalue weighted by molar-refractivity contribution is 0.416. The predicted molar refractivity (Wildman–Crippen MR) is 86.4 cm³/mol. The molecule has 1 heterocycles. The van der Waals surface area contributed by atoms with E-state index in [0.29, 0.717) is 0 Å². The lowest BCUT2D eigenvalue weighted by Crippen LogP contribution is -2.06. The van der Waals surface area contributed by atoms with Gasteiger partial charge < -0.3 is 10.1 Å². The SMILES string of the molecule is C=CCc1c(C)nc(C)nc1Nc1cc(C)ccc1OC. The zero-order valence-corrected chi connectivity index (χ0v) is 13.0. The number of nitrogens with zero attached hydrogens (tertiary/aromatic N) is 2. The molecular formula is C17H21N3O. The Morgan fingerprint density at radius 3 is 2.67 bits per heavy atom. The molecule has 2 rings (SSSR count). The summed E-state index contributed by atoms with van der Waals surface area (Å²) < 4.78 is 5.41. The van der Waals surface area contributed by atoms with Crippen molar-refractivity contribution in [2.75, 3.05) is 12.4 Å². The predicted octanol–water partition coefficient (Wildman–Crippen LogP) is 3.88. The number of rotatable bonds is 5. The maximum atomic E-state index is 5.41. The quantitative estimate of drug-likeness (QED) is 0.846. The topological polar surface area (TPSA) is 47.0 Å². The van der Waals surface area contributed by atoms with E-state index >= 15 is 0 Å². The van der Waals surface area contributed by atoms with Crippen LogP contribution in [0.3, 0.4) is 0 Å². The maximum Gasteiger partial charge on any atom is 0.142 e. The molecule has 2 aromatic rings. The van der Waals surface area contributed by atoms with Crippen molar-refractivity contribution in [3.8, 4) is 5.75 Å². The summed E-state index contributed by atoms with van der Waals surface area (Å²) in [5.74, 6) is 2.34. The second-order valence-electron chi connectivity index (χ2n) is 5.00. The van der Waals surface area contributed by atoms with Gasteiger partial charge in [-0.1, -0.05) is 12.1 Å². The van der Waals surface area contributed by atoms with Crippen LogP contribution in [0.2, 0.25) is 0 Å². The van der Waals surface area contributed by atoms with Crippen LogP contribution in [0.1, 0.15) is 22.6 Å². The van der Waals surface area contributed by atoms with Gasteiger partial charge in [-0.15, -0.1) is 6.58 Å². The van der Waals surface area contributed by atoms with Crippen molar-refractivity contribution in [3.63, 3.8) is 0 Å². The van der Waals surface area contributed by atoms with E-state index in [1.54, 1.807) is 7.11 Å². The van der Waals surface area contributed by atoms with Gasteiger partial charge in [0.25, 0.3) is 0 Å². The van der Waals surface area contributed by atoms with Crippen molar-refractivity contribution >= 4 is 11.5 Å². The van der Waals surface area contributed by atoms with Crippen molar-refractivity contribution < 1.29 is 4.74 Å². The van der Waals surface area contributed by atoms with Crippen molar-refractivity contribution in [2.24, 2.45) is 0 Å². The van der Waals surface area contributed by atoms with Gasteiger partial charge in [-0.3, -0.25) is 0 Å². The number of anilines is 2. The molecular weight excluding hydrogens is 262 g/mol. The zero-order valence-electron chi connectivity index (χ0n) is 13.0. The van der Waals surface area contributed by atoms with Gasteiger partial charge in [0.15, 0.2) is 0 Å². The summed E-state index contributed by atoms with van der Waals surface area (Å²) in [5.41, 5.74) is 4.09. The summed E-state index contributed by atoms with van der Waals surface area (Å²) in [6.45, 7) is 9.74. The summed E-state index contributed by atoms with van der Waals surface area (Å²) in [4.78, 5) is 8.95. The van der Waals surface area contributed by atoms with Gasteiger partial charge in [-0.25, -0.2) is 9.97 Å². The number of benzene rings is 1. The van der Waals surface area contributed by atoms with E-state index in [9.17, 15) is 0 Å². The molecule has 0 aliphatic rings. The molecule has 4 nitrogen and oxygen atoms in total. The third-order valence-electron chi connectivity index (χ3n) is 3.28. The Balaban J connectivity index is 2.48. The van der Waals surface area contributed by atoms with Crippen molar-refractivity contribution in [1.29, 1.82) is 0 Å². The Morgan fingerprint density at radius 2 is 2.00 bits per heavy atom. The highest BCUT2D eigenvalue weighted by molar-refractivity contribution is 5.67. The average Bonchev–Trinajstić information content (AvgIpc) is 2.43. The molecule has 0 spiro atoms. The molecule has 4 heteroatoms. The van der Waals surface area contributed by atoms with E-state index in [4.69, 9.17) is 4.74 Å². The van der Waals surface area contributed by atoms with Crippen LogP contribution in [0.25, 0.3) is 0 Å².